The van der Waals surface area contributed by atoms with Gasteiger partial charge in [-0.25, -0.2) is 46.1 Å². The Morgan fingerprint density at radius 3 is 1.30 bits per heavy atom. The van der Waals surface area contributed by atoms with Crippen molar-refractivity contribution in [3.05, 3.63) is 61.7 Å². The molecule has 0 aromatic carbocycles. The molecule has 0 saturated heterocycles. The third kappa shape index (κ3) is 8.23. The van der Waals surface area contributed by atoms with Crippen molar-refractivity contribution in [2.75, 3.05) is 0 Å². The number of halogens is 2. The summed E-state index contributed by atoms with van der Waals surface area (Å²) in [5, 5.41) is 8.31. The molecule has 0 aliphatic carbocycles. The van der Waals surface area contributed by atoms with Crippen molar-refractivity contribution in [2.45, 2.75) is 0 Å². The van der Waals surface area contributed by atoms with Gasteiger partial charge in [-0.2, -0.15) is 0 Å². The number of aromatic nitrogens is 6. The number of hydrogen-bond donors (Lipinski definition) is 0. The van der Waals surface area contributed by atoms with Gasteiger partial charge < -0.3 is 0 Å². The van der Waals surface area contributed by atoms with Crippen LogP contribution in [-0.2, 0) is 0 Å². The molecular weight excluding hydrogens is 455 g/mol. The fraction of sp³-hybridized carbons (Fsp3) is 0. The van der Waals surface area contributed by atoms with Crippen molar-refractivity contribution < 1.29 is 66.6 Å². The van der Waals surface area contributed by atoms with Crippen LogP contribution in [0.3, 0.4) is 0 Å². The quantitative estimate of drug-likeness (QED) is 0.199. The Labute approximate surface area is 170 Å². The predicted octanol–water partition coefficient (Wildman–Crippen LogP) is -9.28. The Hall–Kier alpha value is -2.90. The number of rotatable bonds is 2. The minimum Gasteiger partial charge on any atom is -0.222 e. The van der Waals surface area contributed by atoms with Crippen LogP contribution >= 0.6 is 0 Å². The zero-order chi connectivity index (χ0) is 22.4. The van der Waals surface area contributed by atoms with Crippen LogP contribution in [0.5, 0.6) is 0 Å². The Kier molecular flexibility index (Phi) is 7.59. The smallest absolute Gasteiger partial charge is 0.222 e. The summed E-state index contributed by atoms with van der Waals surface area (Å²) >= 11 is 0. The molecule has 0 unspecified atom stereocenters. The molecule has 30 heavy (non-hydrogen) atoms. The Morgan fingerprint density at radius 2 is 0.967 bits per heavy atom. The first-order valence-corrected chi connectivity index (χ1v) is 9.71. The van der Waals surface area contributed by atoms with Crippen molar-refractivity contribution in [1.29, 1.82) is 0 Å². The number of fused-ring (bicyclic) bond motifs is 2. The zero-order valence-electron chi connectivity index (χ0n) is 14.4. The molecule has 4 aromatic heterocycles. The van der Waals surface area contributed by atoms with Gasteiger partial charge in [0.05, 0.1) is 12.4 Å². The van der Waals surface area contributed by atoms with Crippen molar-refractivity contribution in [1.82, 2.24) is 19.3 Å². The van der Waals surface area contributed by atoms with Gasteiger partial charge in [-0.05, 0) is 0 Å². The standard InChI is InChI=1S/C12H10N8.2ClHO4/c1-3-13-11-17(5-1)7-9-19(11)15-16-20-10-8-18-6-2-4-14-12(18)20;2*2-1(3,4)5/h1-10H;2*(H,2,3,4,5)/q+2;;/p-2. The highest BCUT2D eigenvalue weighted by molar-refractivity contribution is 5.17. The van der Waals surface area contributed by atoms with Gasteiger partial charge in [0.1, 0.15) is 37.2 Å². The van der Waals surface area contributed by atoms with Gasteiger partial charge in [-0.1, -0.05) is 19.3 Å². The molecule has 0 amide bonds. The molecule has 0 fully saturated rings. The van der Waals surface area contributed by atoms with Crippen LogP contribution < -0.4 is 46.1 Å². The van der Waals surface area contributed by atoms with Gasteiger partial charge in [-0.3, -0.25) is 0 Å². The molecule has 0 spiro atoms. The normalized spacial score (nSPS) is 11.9. The molecule has 4 rings (SSSR count). The molecule has 0 radical (unpaired) electrons. The Bertz CT molecular complexity index is 1020. The second kappa shape index (κ2) is 9.73. The van der Waals surface area contributed by atoms with Crippen LogP contribution in [-0.4, -0.2) is 19.3 Å². The summed E-state index contributed by atoms with van der Waals surface area (Å²) < 4.78 is 74.9. The maximum Gasteiger partial charge on any atom is 0.428 e. The topological polar surface area (TPSA) is 253 Å². The van der Waals surface area contributed by atoms with E-state index in [1.54, 1.807) is 34.1 Å². The highest BCUT2D eigenvalue weighted by atomic mass is 35.7. The van der Waals surface area contributed by atoms with Gasteiger partial charge >= 0.3 is 11.6 Å². The van der Waals surface area contributed by atoms with Crippen molar-refractivity contribution >= 4 is 11.6 Å². The molecule has 0 bridgehead atoms. The maximum absolute atomic E-state index is 8.49. The average molecular weight is 465 g/mol. The van der Waals surface area contributed by atoms with Crippen LogP contribution in [0.25, 0.3) is 11.6 Å². The van der Waals surface area contributed by atoms with E-state index >= 15 is 0 Å². The van der Waals surface area contributed by atoms with Crippen molar-refractivity contribution in [3.8, 4) is 0 Å². The summed E-state index contributed by atoms with van der Waals surface area (Å²) in [6.45, 7) is 0. The average Bonchev–Trinajstić information content (AvgIpc) is 3.21. The fourth-order valence-electron chi connectivity index (χ4n) is 1.97. The van der Waals surface area contributed by atoms with Gasteiger partial charge in [-0.15, -0.1) is 20.5 Å². The summed E-state index contributed by atoms with van der Waals surface area (Å²) in [6, 6.07) is 3.71. The minimum atomic E-state index is -4.94. The first-order valence-electron chi connectivity index (χ1n) is 7.24. The Morgan fingerprint density at radius 1 is 0.633 bits per heavy atom. The molecule has 0 saturated carbocycles. The summed E-state index contributed by atoms with van der Waals surface area (Å²) in [4.78, 5) is 8.49. The van der Waals surface area contributed by atoms with E-state index in [0.717, 1.165) is 0 Å². The lowest BCUT2D eigenvalue weighted by Crippen LogP contribution is -2.68. The second-order valence-electron chi connectivity index (χ2n) is 4.87. The molecule has 4 aromatic rings. The van der Waals surface area contributed by atoms with Crippen LogP contribution in [0.4, 0.5) is 0 Å². The monoisotopic (exact) mass is 464 g/mol. The zero-order valence-corrected chi connectivity index (χ0v) is 15.9. The molecule has 0 N–H and O–H groups in total. The molecule has 160 valence electrons. The SMILES string of the molecule is [O-][Cl+3]([O-])([O-])[O-].[O-][Cl+3]([O-])([O-])[O-].c1cnc2n(N=Nn3cc[n+]4cccnc34)cc[n+]2c1. The molecule has 4 heterocycles. The number of hydrogen-bond acceptors (Lipinski definition) is 12. The Balaban J connectivity index is 0.000000271. The van der Waals surface area contributed by atoms with Crippen molar-refractivity contribution in [3.63, 3.8) is 0 Å². The van der Waals surface area contributed by atoms with Crippen molar-refractivity contribution in [2.24, 2.45) is 10.4 Å². The third-order valence-electron chi connectivity index (χ3n) is 2.89. The van der Waals surface area contributed by atoms with E-state index in [1.165, 1.54) is 0 Å². The van der Waals surface area contributed by atoms with E-state index in [1.807, 2.05) is 45.7 Å². The van der Waals surface area contributed by atoms with Gasteiger partial charge in [0.15, 0.2) is 0 Å². The van der Waals surface area contributed by atoms with E-state index in [9.17, 15) is 0 Å². The lowest BCUT2D eigenvalue weighted by atomic mass is 10.7. The van der Waals surface area contributed by atoms with E-state index < -0.39 is 20.5 Å². The molecule has 0 aliphatic heterocycles. The molecule has 0 aliphatic rings. The van der Waals surface area contributed by atoms with Crippen LogP contribution in [0.15, 0.2) is 72.2 Å². The summed E-state index contributed by atoms with van der Waals surface area (Å²) in [7, 11) is -9.89. The molecule has 16 nitrogen and oxygen atoms in total. The highest BCUT2D eigenvalue weighted by Crippen LogP contribution is 1.98. The van der Waals surface area contributed by atoms with E-state index in [2.05, 4.69) is 20.4 Å². The highest BCUT2D eigenvalue weighted by Gasteiger charge is 2.12. The lowest BCUT2D eigenvalue weighted by molar-refractivity contribution is -2.00. The summed E-state index contributed by atoms with van der Waals surface area (Å²) in [5.41, 5.74) is 0. The largest absolute Gasteiger partial charge is 0.428 e. The first kappa shape index (κ1) is 23.4. The fourth-order valence-corrected chi connectivity index (χ4v) is 1.97. The molecular formula is C12H10Cl2N8O8. The van der Waals surface area contributed by atoms with E-state index in [0.29, 0.717) is 11.6 Å². The minimum absolute atomic E-state index is 0.688. The predicted molar refractivity (Wildman–Crippen MR) is 66.4 cm³/mol. The number of imidazole rings is 2. The second-order valence-corrected chi connectivity index (χ2v) is 6.39. The van der Waals surface area contributed by atoms with Gasteiger partial charge in [0, 0.05) is 22.6 Å². The summed E-state index contributed by atoms with van der Waals surface area (Å²) in [6.07, 6.45) is 14.5. The third-order valence-corrected chi connectivity index (χ3v) is 2.89. The van der Waals surface area contributed by atoms with Gasteiger partial charge in [0.25, 0.3) is 0 Å². The van der Waals surface area contributed by atoms with Crippen LogP contribution in [0, 0.1) is 20.5 Å². The van der Waals surface area contributed by atoms with Gasteiger partial charge in [0.2, 0.25) is 0 Å². The van der Waals surface area contributed by atoms with Crippen LogP contribution in [0.1, 0.15) is 0 Å². The van der Waals surface area contributed by atoms with Crippen LogP contribution in [0.2, 0.25) is 0 Å². The number of nitrogens with zero attached hydrogens (tertiary/aromatic N) is 8. The lowest BCUT2D eigenvalue weighted by Gasteiger charge is -2.17. The summed E-state index contributed by atoms with van der Waals surface area (Å²) in [5.74, 6) is 1.38. The first-order chi connectivity index (χ1) is 13.9. The van der Waals surface area contributed by atoms with E-state index in [4.69, 9.17) is 37.3 Å². The van der Waals surface area contributed by atoms with E-state index in [-0.39, 0.29) is 0 Å². The molecule has 0 atom stereocenters. The molecule has 18 heteroatoms. The maximum atomic E-state index is 8.49.